The molecule has 9 nitrogen and oxygen atoms in total. The van der Waals surface area contributed by atoms with Gasteiger partial charge in [0.05, 0.1) is 12.2 Å². The number of anilines is 1. The molecule has 1 aliphatic rings. The van der Waals surface area contributed by atoms with Crippen LogP contribution in [0.15, 0.2) is 65.6 Å². The lowest BCUT2D eigenvalue weighted by molar-refractivity contribution is 0.0468. The first-order chi connectivity index (χ1) is 20.4. The average molecular weight is 595 g/mol. The normalized spacial score (nSPS) is 15.0. The number of esters is 1. The maximum Gasteiger partial charge on any atom is 0.407 e. The lowest BCUT2D eigenvalue weighted by Crippen LogP contribution is -2.40. The molecule has 43 heavy (non-hydrogen) atoms. The van der Waals surface area contributed by atoms with E-state index in [4.69, 9.17) is 9.47 Å². The number of halogens is 3. The number of aromatic nitrogens is 2. The molecule has 0 radical (unpaired) electrons. The highest BCUT2D eigenvalue weighted by Crippen LogP contribution is 2.30. The fraction of sp³-hybridized carbons (Fsp3) is 0.290. The molecule has 2 aromatic carbocycles. The number of nitrogens with one attached hydrogen (secondary N) is 1. The highest BCUT2D eigenvalue weighted by molar-refractivity contribution is 5.93. The quantitative estimate of drug-likeness (QED) is 0.305. The van der Waals surface area contributed by atoms with Gasteiger partial charge in [0.2, 0.25) is 0 Å². The number of carbonyl (C=O) groups excluding carboxylic acids is 2. The van der Waals surface area contributed by atoms with E-state index in [0.717, 1.165) is 28.8 Å². The van der Waals surface area contributed by atoms with E-state index in [2.05, 4.69) is 10.3 Å². The van der Waals surface area contributed by atoms with Gasteiger partial charge >= 0.3 is 12.1 Å². The number of ether oxygens (including phenoxy) is 2. The number of hydrogen-bond donors (Lipinski definition) is 1. The van der Waals surface area contributed by atoms with E-state index in [9.17, 15) is 18.8 Å². The van der Waals surface area contributed by atoms with E-state index in [-0.39, 0.29) is 41.8 Å². The monoisotopic (exact) mass is 594 g/mol. The summed E-state index contributed by atoms with van der Waals surface area (Å²) in [6.07, 6.45) is 0.718. The number of fused-ring (bicyclic) bond motifs is 1. The van der Waals surface area contributed by atoms with Gasteiger partial charge in [0, 0.05) is 30.3 Å². The minimum absolute atomic E-state index is 0.0485. The molecule has 12 heteroatoms. The van der Waals surface area contributed by atoms with Gasteiger partial charge in [-0.15, -0.1) is 0 Å². The Morgan fingerprint density at radius 1 is 1.02 bits per heavy atom. The molecular weight excluding hydrogens is 565 g/mol. The third-order valence-corrected chi connectivity index (χ3v) is 6.74. The standard InChI is InChI=1S/C31H29F3N4O5/c1-31(2,3)43-30(41)35-20-11-12-37(15-20)27-25(34)16-38-26(36-27)22(21-10-9-19(32)13-24(21)33)14-23(28(38)39)29(40)42-17-18-7-5-4-6-8-18/h4-10,13-14,16,20H,11-12,15,17H2,1-3H3,(H,35,41). The number of alkyl carbamates (subject to hydrolysis) is 1. The lowest BCUT2D eigenvalue weighted by atomic mass is 10.0. The fourth-order valence-electron chi connectivity index (χ4n) is 4.80. The zero-order valence-corrected chi connectivity index (χ0v) is 23.7. The van der Waals surface area contributed by atoms with Crippen molar-refractivity contribution in [3.8, 4) is 11.1 Å². The second-order valence-electron chi connectivity index (χ2n) is 11.1. The molecule has 1 saturated heterocycles. The van der Waals surface area contributed by atoms with Crippen LogP contribution in [0.1, 0.15) is 43.1 Å². The van der Waals surface area contributed by atoms with Crippen molar-refractivity contribution < 1.29 is 32.2 Å². The molecule has 3 heterocycles. The number of carbonyl (C=O) groups is 2. The van der Waals surface area contributed by atoms with Gasteiger partial charge in [0.1, 0.15) is 35.1 Å². The van der Waals surface area contributed by atoms with Gasteiger partial charge in [-0.3, -0.25) is 9.20 Å². The smallest absolute Gasteiger partial charge is 0.407 e. The van der Waals surface area contributed by atoms with Crippen LogP contribution >= 0.6 is 0 Å². The predicted octanol–water partition coefficient (Wildman–Crippen LogP) is 5.24. The van der Waals surface area contributed by atoms with Crippen molar-refractivity contribution in [3.63, 3.8) is 0 Å². The Bertz CT molecular complexity index is 1750. The molecule has 5 rings (SSSR count). The number of benzene rings is 2. The van der Waals surface area contributed by atoms with Crippen molar-refractivity contribution in [1.29, 1.82) is 0 Å². The summed E-state index contributed by atoms with van der Waals surface area (Å²) in [5.41, 5.74) is -1.80. The van der Waals surface area contributed by atoms with Crippen LogP contribution in [0.4, 0.5) is 23.8 Å². The number of hydrogen-bond acceptors (Lipinski definition) is 7. The molecule has 0 aliphatic carbocycles. The Morgan fingerprint density at radius 3 is 2.47 bits per heavy atom. The largest absolute Gasteiger partial charge is 0.457 e. The van der Waals surface area contributed by atoms with Crippen LogP contribution in [0.5, 0.6) is 0 Å². The highest BCUT2D eigenvalue weighted by Gasteiger charge is 2.30. The Labute approximate surface area is 244 Å². The first kappa shape index (κ1) is 29.6. The summed E-state index contributed by atoms with van der Waals surface area (Å²) >= 11 is 0. The molecule has 0 bridgehead atoms. The summed E-state index contributed by atoms with van der Waals surface area (Å²) in [6, 6.07) is 12.3. The van der Waals surface area contributed by atoms with Crippen LogP contribution in [-0.4, -0.2) is 46.2 Å². The molecule has 1 unspecified atom stereocenters. The van der Waals surface area contributed by atoms with Gasteiger partial charge in [0.15, 0.2) is 11.6 Å². The molecule has 0 saturated carbocycles. The summed E-state index contributed by atoms with van der Waals surface area (Å²) < 4.78 is 55.7. The van der Waals surface area contributed by atoms with Crippen molar-refractivity contribution in [3.05, 3.63) is 99.7 Å². The molecule has 1 amide bonds. The zero-order valence-electron chi connectivity index (χ0n) is 23.7. The van der Waals surface area contributed by atoms with Crippen molar-refractivity contribution >= 4 is 23.5 Å². The lowest BCUT2D eigenvalue weighted by Gasteiger charge is -2.22. The topological polar surface area (TPSA) is 102 Å². The Morgan fingerprint density at radius 2 is 1.77 bits per heavy atom. The number of pyridine rings is 1. The molecule has 4 aromatic rings. The van der Waals surface area contributed by atoms with Crippen LogP contribution in [0, 0.1) is 17.5 Å². The van der Waals surface area contributed by atoms with E-state index in [0.29, 0.717) is 24.6 Å². The molecule has 224 valence electrons. The SMILES string of the molecule is CC(C)(C)OC(=O)NC1CCN(c2nc3c(-c4ccc(F)cc4F)cc(C(=O)OCc4ccccc4)c(=O)n3cc2F)C1. The number of rotatable bonds is 6. The van der Waals surface area contributed by atoms with Crippen molar-refractivity contribution in [2.75, 3.05) is 18.0 Å². The second-order valence-corrected chi connectivity index (χ2v) is 11.1. The molecule has 2 aromatic heterocycles. The number of amides is 1. The Hall–Kier alpha value is -4.87. The maximum atomic E-state index is 15.5. The van der Waals surface area contributed by atoms with Gasteiger partial charge in [0.25, 0.3) is 5.56 Å². The summed E-state index contributed by atoms with van der Waals surface area (Å²) in [5, 5.41) is 2.75. The van der Waals surface area contributed by atoms with Crippen LogP contribution in [-0.2, 0) is 16.1 Å². The summed E-state index contributed by atoms with van der Waals surface area (Å²) in [7, 11) is 0. The van der Waals surface area contributed by atoms with Gasteiger partial charge < -0.3 is 19.7 Å². The third kappa shape index (κ3) is 6.63. The average Bonchev–Trinajstić information content (AvgIpc) is 3.39. The van der Waals surface area contributed by atoms with Crippen LogP contribution in [0.25, 0.3) is 16.8 Å². The zero-order chi connectivity index (χ0) is 30.9. The predicted molar refractivity (Wildman–Crippen MR) is 152 cm³/mol. The van der Waals surface area contributed by atoms with E-state index < -0.39 is 46.2 Å². The first-order valence-electron chi connectivity index (χ1n) is 13.6. The van der Waals surface area contributed by atoms with Crippen molar-refractivity contribution in [2.24, 2.45) is 0 Å². The Balaban J connectivity index is 1.53. The molecule has 1 fully saturated rings. The second kappa shape index (κ2) is 11.8. The minimum atomic E-state index is -1.01. The molecule has 1 aliphatic heterocycles. The van der Waals surface area contributed by atoms with Crippen LogP contribution < -0.4 is 15.8 Å². The number of nitrogens with zero attached hydrogens (tertiary/aromatic N) is 3. The Kier molecular flexibility index (Phi) is 8.12. The van der Waals surface area contributed by atoms with E-state index in [1.54, 1.807) is 56.0 Å². The van der Waals surface area contributed by atoms with Gasteiger partial charge in [-0.05, 0) is 51.0 Å². The van der Waals surface area contributed by atoms with Crippen LogP contribution in [0.3, 0.4) is 0 Å². The summed E-state index contributed by atoms with van der Waals surface area (Å²) in [4.78, 5) is 44.6. The molecular formula is C31H29F3N4O5. The summed E-state index contributed by atoms with van der Waals surface area (Å²) in [6.45, 7) is 5.57. The highest BCUT2D eigenvalue weighted by atomic mass is 19.1. The molecule has 1 atom stereocenters. The van der Waals surface area contributed by atoms with E-state index in [1.807, 2.05) is 0 Å². The van der Waals surface area contributed by atoms with Gasteiger partial charge in [-0.25, -0.2) is 27.7 Å². The van der Waals surface area contributed by atoms with Crippen molar-refractivity contribution in [1.82, 2.24) is 14.7 Å². The van der Waals surface area contributed by atoms with Gasteiger partial charge in [-0.2, -0.15) is 0 Å². The van der Waals surface area contributed by atoms with Gasteiger partial charge in [-0.1, -0.05) is 30.3 Å². The molecule has 1 N–H and O–H groups in total. The van der Waals surface area contributed by atoms with E-state index >= 15 is 8.78 Å². The van der Waals surface area contributed by atoms with E-state index in [1.165, 1.54) is 0 Å². The fourth-order valence-corrected chi connectivity index (χ4v) is 4.80. The minimum Gasteiger partial charge on any atom is -0.457 e. The van der Waals surface area contributed by atoms with Crippen LogP contribution in [0.2, 0.25) is 0 Å². The summed E-state index contributed by atoms with van der Waals surface area (Å²) in [5.74, 6) is -3.84. The first-order valence-corrected chi connectivity index (χ1v) is 13.6. The van der Waals surface area contributed by atoms with Crippen molar-refractivity contribution in [2.45, 2.75) is 45.4 Å². The maximum absolute atomic E-state index is 15.5. The third-order valence-electron chi connectivity index (χ3n) is 6.74. The molecule has 0 spiro atoms.